The Labute approximate surface area is 118 Å². The van der Waals surface area contributed by atoms with Crippen LogP contribution >= 0.6 is 0 Å². The summed E-state index contributed by atoms with van der Waals surface area (Å²) in [5.74, 6) is -0.774. The van der Waals surface area contributed by atoms with Crippen molar-refractivity contribution in [3.63, 3.8) is 0 Å². The van der Waals surface area contributed by atoms with E-state index in [9.17, 15) is 4.79 Å². The highest BCUT2D eigenvalue weighted by atomic mass is 16.4. The second kappa shape index (κ2) is 5.37. The smallest absolute Gasteiger partial charge is 0.307 e. The van der Waals surface area contributed by atoms with Crippen LogP contribution < -0.4 is 4.90 Å². The minimum atomic E-state index is -0.774. The maximum absolute atomic E-state index is 10.8. The van der Waals surface area contributed by atoms with Crippen molar-refractivity contribution >= 4 is 11.7 Å². The van der Waals surface area contributed by atoms with E-state index < -0.39 is 5.97 Å². The summed E-state index contributed by atoms with van der Waals surface area (Å²) in [7, 11) is 0. The van der Waals surface area contributed by atoms with Crippen LogP contribution in [-0.2, 0) is 24.2 Å². The Balaban J connectivity index is 1.79. The highest BCUT2D eigenvalue weighted by molar-refractivity contribution is 5.71. The zero-order chi connectivity index (χ0) is 13.9. The molecule has 1 aliphatic heterocycles. The summed E-state index contributed by atoms with van der Waals surface area (Å²) in [6, 6.07) is 16.4. The molecule has 20 heavy (non-hydrogen) atoms. The van der Waals surface area contributed by atoms with Crippen LogP contribution in [-0.4, -0.2) is 17.6 Å². The second-order valence-electron chi connectivity index (χ2n) is 5.19. The maximum atomic E-state index is 10.8. The number of carboxylic acids is 1. The molecule has 0 saturated carbocycles. The molecule has 2 aromatic carbocycles. The van der Waals surface area contributed by atoms with Crippen LogP contribution in [0.2, 0.25) is 0 Å². The molecule has 0 spiro atoms. The van der Waals surface area contributed by atoms with E-state index in [4.69, 9.17) is 5.11 Å². The van der Waals surface area contributed by atoms with E-state index in [1.54, 1.807) is 0 Å². The Bertz CT molecular complexity index is 622. The molecular formula is C17H17NO2. The number of hydrogen-bond acceptors (Lipinski definition) is 2. The number of carboxylic acid groups (broad SMARTS) is 1. The molecule has 2 aromatic rings. The van der Waals surface area contributed by atoms with Crippen molar-refractivity contribution in [2.45, 2.75) is 19.4 Å². The first-order valence-corrected chi connectivity index (χ1v) is 6.85. The van der Waals surface area contributed by atoms with Gasteiger partial charge in [-0.2, -0.15) is 0 Å². The minimum Gasteiger partial charge on any atom is -0.481 e. The van der Waals surface area contributed by atoms with Gasteiger partial charge >= 0.3 is 5.97 Å². The maximum Gasteiger partial charge on any atom is 0.307 e. The van der Waals surface area contributed by atoms with Crippen molar-refractivity contribution in [1.29, 1.82) is 0 Å². The van der Waals surface area contributed by atoms with Crippen LogP contribution in [0, 0.1) is 0 Å². The molecule has 0 saturated heterocycles. The number of rotatable bonds is 4. The van der Waals surface area contributed by atoms with Gasteiger partial charge in [-0.15, -0.1) is 0 Å². The molecule has 0 unspecified atom stereocenters. The molecule has 0 bridgehead atoms. The lowest BCUT2D eigenvalue weighted by Crippen LogP contribution is -2.19. The molecule has 3 rings (SSSR count). The first-order valence-electron chi connectivity index (χ1n) is 6.85. The van der Waals surface area contributed by atoms with Crippen molar-refractivity contribution in [2.24, 2.45) is 0 Å². The van der Waals surface area contributed by atoms with Crippen LogP contribution in [0.1, 0.15) is 16.7 Å². The highest BCUT2D eigenvalue weighted by Crippen LogP contribution is 2.30. The van der Waals surface area contributed by atoms with Crippen LogP contribution in [0.15, 0.2) is 48.5 Å². The van der Waals surface area contributed by atoms with Gasteiger partial charge in [0.15, 0.2) is 0 Å². The monoisotopic (exact) mass is 267 g/mol. The standard InChI is InChI=1S/C17H17NO2/c19-17(20)11-14-6-7-16-15(10-14)8-9-18(16)12-13-4-2-1-3-5-13/h1-7,10H,8-9,11-12H2,(H,19,20). The summed E-state index contributed by atoms with van der Waals surface area (Å²) in [5, 5.41) is 8.85. The number of anilines is 1. The fourth-order valence-corrected chi connectivity index (χ4v) is 2.78. The SMILES string of the molecule is O=C(O)Cc1ccc2c(c1)CCN2Cc1ccccc1. The van der Waals surface area contributed by atoms with Crippen molar-refractivity contribution in [3.8, 4) is 0 Å². The van der Waals surface area contributed by atoms with E-state index in [2.05, 4.69) is 35.2 Å². The molecule has 0 aliphatic carbocycles. The zero-order valence-corrected chi connectivity index (χ0v) is 11.2. The molecular weight excluding hydrogens is 250 g/mol. The molecule has 1 heterocycles. The van der Waals surface area contributed by atoms with Gasteiger partial charge in [-0.25, -0.2) is 0 Å². The van der Waals surface area contributed by atoms with Crippen molar-refractivity contribution in [2.75, 3.05) is 11.4 Å². The van der Waals surface area contributed by atoms with Gasteiger partial charge in [-0.05, 0) is 29.2 Å². The summed E-state index contributed by atoms with van der Waals surface area (Å²) in [5.41, 5.74) is 4.69. The lowest BCUT2D eigenvalue weighted by Gasteiger charge is -2.19. The Morgan fingerprint density at radius 1 is 1.10 bits per heavy atom. The number of aliphatic carboxylic acids is 1. The van der Waals surface area contributed by atoms with Gasteiger partial charge in [-0.3, -0.25) is 4.79 Å². The Morgan fingerprint density at radius 2 is 1.90 bits per heavy atom. The lowest BCUT2D eigenvalue weighted by atomic mass is 10.1. The molecule has 3 heteroatoms. The average Bonchev–Trinajstić information content (AvgIpc) is 2.82. The molecule has 0 atom stereocenters. The van der Waals surface area contributed by atoms with E-state index >= 15 is 0 Å². The highest BCUT2D eigenvalue weighted by Gasteiger charge is 2.19. The quantitative estimate of drug-likeness (QED) is 0.926. The Morgan fingerprint density at radius 3 is 2.65 bits per heavy atom. The van der Waals surface area contributed by atoms with E-state index in [0.717, 1.165) is 25.1 Å². The van der Waals surface area contributed by atoms with Gasteiger partial charge in [0.05, 0.1) is 6.42 Å². The fourth-order valence-electron chi connectivity index (χ4n) is 2.78. The topological polar surface area (TPSA) is 40.5 Å². The normalized spacial score (nSPS) is 13.3. The van der Waals surface area contributed by atoms with E-state index in [1.807, 2.05) is 18.2 Å². The molecule has 1 N–H and O–H groups in total. The zero-order valence-electron chi connectivity index (χ0n) is 11.2. The van der Waals surface area contributed by atoms with Crippen LogP contribution in [0.5, 0.6) is 0 Å². The van der Waals surface area contributed by atoms with Crippen LogP contribution in [0.4, 0.5) is 5.69 Å². The Hall–Kier alpha value is -2.29. The number of carbonyl (C=O) groups is 1. The molecule has 0 amide bonds. The summed E-state index contributed by atoms with van der Waals surface area (Å²) < 4.78 is 0. The molecule has 0 radical (unpaired) electrons. The predicted octanol–water partition coefficient (Wildman–Crippen LogP) is 2.88. The molecule has 1 aliphatic rings. The van der Waals surface area contributed by atoms with E-state index in [-0.39, 0.29) is 6.42 Å². The third-order valence-electron chi connectivity index (χ3n) is 3.71. The van der Waals surface area contributed by atoms with Crippen molar-refractivity contribution in [1.82, 2.24) is 0 Å². The van der Waals surface area contributed by atoms with Gasteiger partial charge in [-0.1, -0.05) is 42.5 Å². The van der Waals surface area contributed by atoms with E-state index in [1.165, 1.54) is 16.8 Å². The molecule has 0 aromatic heterocycles. The molecule has 3 nitrogen and oxygen atoms in total. The largest absolute Gasteiger partial charge is 0.481 e. The first kappa shape index (κ1) is 12.7. The third kappa shape index (κ3) is 2.67. The van der Waals surface area contributed by atoms with Crippen LogP contribution in [0.3, 0.4) is 0 Å². The summed E-state index contributed by atoms with van der Waals surface area (Å²) in [6.07, 6.45) is 1.10. The van der Waals surface area contributed by atoms with Gasteiger partial charge < -0.3 is 10.0 Å². The first-order chi connectivity index (χ1) is 9.72. The Kier molecular flexibility index (Phi) is 3.42. The van der Waals surface area contributed by atoms with Gasteiger partial charge in [0.2, 0.25) is 0 Å². The van der Waals surface area contributed by atoms with Crippen molar-refractivity contribution in [3.05, 3.63) is 65.2 Å². The van der Waals surface area contributed by atoms with Crippen molar-refractivity contribution < 1.29 is 9.90 Å². The summed E-state index contributed by atoms with van der Waals surface area (Å²) in [4.78, 5) is 13.1. The van der Waals surface area contributed by atoms with Gasteiger partial charge in [0.25, 0.3) is 0 Å². The lowest BCUT2D eigenvalue weighted by molar-refractivity contribution is -0.136. The predicted molar refractivity (Wildman–Crippen MR) is 79.0 cm³/mol. The number of fused-ring (bicyclic) bond motifs is 1. The summed E-state index contributed by atoms with van der Waals surface area (Å²) in [6.45, 7) is 1.91. The second-order valence-corrected chi connectivity index (χ2v) is 5.19. The van der Waals surface area contributed by atoms with E-state index in [0.29, 0.717) is 0 Å². The fraction of sp³-hybridized carbons (Fsp3) is 0.235. The number of hydrogen-bond donors (Lipinski definition) is 1. The van der Waals surface area contributed by atoms with Crippen LogP contribution in [0.25, 0.3) is 0 Å². The number of benzene rings is 2. The van der Waals surface area contributed by atoms with Gasteiger partial charge in [0, 0.05) is 18.8 Å². The minimum absolute atomic E-state index is 0.103. The number of nitrogens with zero attached hydrogens (tertiary/aromatic N) is 1. The van der Waals surface area contributed by atoms with Gasteiger partial charge in [0.1, 0.15) is 0 Å². The molecule has 102 valence electrons. The summed E-state index contributed by atoms with van der Waals surface area (Å²) >= 11 is 0. The molecule has 0 fully saturated rings. The average molecular weight is 267 g/mol. The third-order valence-corrected chi connectivity index (χ3v) is 3.71.